The fourth-order valence-corrected chi connectivity index (χ4v) is 4.37. The molecule has 0 spiro atoms. The number of H-pyrrole nitrogens is 1. The van der Waals surface area contributed by atoms with Gasteiger partial charge in [0.05, 0.1) is 0 Å². The summed E-state index contributed by atoms with van der Waals surface area (Å²) in [6.45, 7) is 3.67. The Bertz CT molecular complexity index is 1550. The van der Waals surface area contributed by atoms with Crippen LogP contribution in [0.2, 0.25) is 0 Å². The van der Waals surface area contributed by atoms with Crippen molar-refractivity contribution in [3.8, 4) is 22.5 Å². The molecule has 0 saturated heterocycles. The molecule has 2 heterocycles. The number of hydrogen-bond acceptors (Lipinski definition) is 6. The summed E-state index contributed by atoms with van der Waals surface area (Å²) in [6.07, 6.45) is -4.54. The summed E-state index contributed by atoms with van der Waals surface area (Å²) in [4.78, 5) is 8.10. The van der Waals surface area contributed by atoms with Gasteiger partial charge in [-0.05, 0) is 46.5 Å². The van der Waals surface area contributed by atoms with Crippen LogP contribution in [0.15, 0.2) is 72.8 Å². The summed E-state index contributed by atoms with van der Waals surface area (Å²) in [5.74, 6) is 0.798. The van der Waals surface area contributed by atoms with E-state index in [1.807, 2.05) is 79.7 Å². The van der Waals surface area contributed by atoms with Crippen molar-refractivity contribution in [2.45, 2.75) is 33.0 Å². The second kappa shape index (κ2) is 12.1. The molecule has 0 aliphatic carbocycles. The molecule has 0 radical (unpaired) electrons. The number of halogens is 3. The van der Waals surface area contributed by atoms with Crippen molar-refractivity contribution in [1.29, 1.82) is 0 Å². The van der Waals surface area contributed by atoms with E-state index < -0.39 is 11.9 Å². The number of hydrogen-bond donors (Lipinski definition) is 2. The summed E-state index contributed by atoms with van der Waals surface area (Å²) in [7, 11) is 0. The van der Waals surface area contributed by atoms with E-state index in [2.05, 4.69) is 35.9 Å². The average molecular weight is 540 g/mol. The van der Waals surface area contributed by atoms with Gasteiger partial charge in [-0.3, -0.25) is 0 Å². The van der Waals surface area contributed by atoms with E-state index in [9.17, 15) is 13.2 Å². The summed E-state index contributed by atoms with van der Waals surface area (Å²) in [5.41, 5.74) is 4.50. The van der Waals surface area contributed by atoms with E-state index in [4.69, 9.17) is 0 Å². The average Bonchev–Trinajstić information content (AvgIpc) is 3.43. The Morgan fingerprint density at radius 2 is 1.59 bits per heavy atom. The van der Waals surface area contributed by atoms with Crippen molar-refractivity contribution >= 4 is 35.4 Å². The number of aromatic nitrogens is 6. The number of nitrogens with one attached hydrogen (secondary N) is 2. The van der Waals surface area contributed by atoms with Gasteiger partial charge in [0.25, 0.3) is 0 Å². The van der Waals surface area contributed by atoms with Gasteiger partial charge in [-0.2, -0.15) is 13.2 Å². The number of alkyl halides is 3. The van der Waals surface area contributed by atoms with E-state index in [1.165, 1.54) is 6.92 Å². The maximum absolute atomic E-state index is 14.0. The Kier molecular flexibility index (Phi) is 8.79. The van der Waals surface area contributed by atoms with Crippen LogP contribution in [0.25, 0.3) is 22.5 Å². The standard InChI is InChI=1S/C28H24F3N7.Na.H/c1-17-6-5-7-20(14-17)15-24-25(28(29,30)31)33-18(2)34-26(24)32-16-19-10-12-21(13-11-19)22-8-3-4-9-23(22)27-35-37-38-36-27;;/h3-14H,15-16H2,1-2H3,(H,32,33,34)(H,35,36,37,38);;. The van der Waals surface area contributed by atoms with Crippen LogP contribution in [-0.2, 0) is 19.1 Å². The monoisotopic (exact) mass is 539 g/mol. The van der Waals surface area contributed by atoms with Crippen LogP contribution in [-0.4, -0.2) is 60.1 Å². The van der Waals surface area contributed by atoms with Crippen LogP contribution in [0.5, 0.6) is 0 Å². The summed E-state index contributed by atoms with van der Waals surface area (Å²) in [5, 5.41) is 17.2. The normalized spacial score (nSPS) is 11.2. The number of nitrogens with zero attached hydrogens (tertiary/aromatic N) is 5. The van der Waals surface area contributed by atoms with Gasteiger partial charge < -0.3 is 5.32 Å². The predicted octanol–water partition coefficient (Wildman–Crippen LogP) is 5.51. The molecule has 2 aromatic heterocycles. The molecule has 11 heteroatoms. The van der Waals surface area contributed by atoms with Gasteiger partial charge in [-0.1, -0.05) is 78.4 Å². The maximum atomic E-state index is 14.0. The van der Waals surface area contributed by atoms with E-state index in [-0.39, 0.29) is 53.2 Å². The summed E-state index contributed by atoms with van der Waals surface area (Å²) >= 11 is 0. The van der Waals surface area contributed by atoms with Crippen molar-refractivity contribution < 1.29 is 13.2 Å². The Morgan fingerprint density at radius 1 is 0.846 bits per heavy atom. The molecule has 5 aromatic rings. The second-order valence-corrected chi connectivity index (χ2v) is 8.96. The Balaban J connectivity index is 0.00000353. The van der Waals surface area contributed by atoms with Gasteiger partial charge in [0.15, 0.2) is 11.5 Å². The number of aromatic amines is 1. The van der Waals surface area contributed by atoms with Gasteiger partial charge in [0, 0.05) is 24.1 Å². The quantitative estimate of drug-likeness (QED) is 0.265. The van der Waals surface area contributed by atoms with E-state index in [0.717, 1.165) is 33.4 Å². The van der Waals surface area contributed by atoms with Crippen molar-refractivity contribution in [2.75, 3.05) is 5.32 Å². The number of benzene rings is 3. The molecule has 0 amide bonds. The zero-order chi connectivity index (χ0) is 26.7. The fraction of sp³-hybridized carbons (Fsp3) is 0.179. The molecule has 5 rings (SSSR count). The van der Waals surface area contributed by atoms with Gasteiger partial charge in [0.1, 0.15) is 11.6 Å². The molecule has 0 aliphatic heterocycles. The van der Waals surface area contributed by atoms with Gasteiger partial charge in [-0.25, -0.2) is 15.1 Å². The first kappa shape index (κ1) is 28.4. The zero-order valence-electron chi connectivity index (χ0n) is 20.7. The van der Waals surface area contributed by atoms with Crippen molar-refractivity contribution in [3.63, 3.8) is 0 Å². The third-order valence-corrected chi connectivity index (χ3v) is 6.10. The third-order valence-electron chi connectivity index (χ3n) is 6.10. The molecule has 0 fully saturated rings. The van der Waals surface area contributed by atoms with Crippen LogP contribution in [0, 0.1) is 13.8 Å². The summed E-state index contributed by atoms with van der Waals surface area (Å²) < 4.78 is 41.9. The Labute approximate surface area is 245 Å². The van der Waals surface area contributed by atoms with Crippen LogP contribution < -0.4 is 5.32 Å². The molecule has 0 bridgehead atoms. The first-order valence-electron chi connectivity index (χ1n) is 11.9. The van der Waals surface area contributed by atoms with E-state index in [0.29, 0.717) is 12.4 Å². The van der Waals surface area contributed by atoms with Crippen LogP contribution in [0.1, 0.15) is 33.8 Å². The molecule has 7 nitrogen and oxygen atoms in total. The van der Waals surface area contributed by atoms with E-state index >= 15 is 0 Å². The van der Waals surface area contributed by atoms with Gasteiger partial charge >= 0.3 is 35.7 Å². The number of rotatable bonds is 7. The molecule has 3 aromatic carbocycles. The first-order chi connectivity index (χ1) is 18.3. The second-order valence-electron chi connectivity index (χ2n) is 8.96. The van der Waals surface area contributed by atoms with Crippen molar-refractivity contribution in [1.82, 2.24) is 30.6 Å². The van der Waals surface area contributed by atoms with Gasteiger partial charge in [0.2, 0.25) is 0 Å². The molecule has 0 atom stereocenters. The van der Waals surface area contributed by atoms with E-state index in [1.54, 1.807) is 0 Å². The molecule has 0 aliphatic rings. The zero-order valence-corrected chi connectivity index (χ0v) is 20.7. The number of tetrazole rings is 1. The van der Waals surface area contributed by atoms with Crippen molar-refractivity contribution in [2.24, 2.45) is 0 Å². The van der Waals surface area contributed by atoms with Crippen LogP contribution in [0.3, 0.4) is 0 Å². The van der Waals surface area contributed by atoms with Crippen LogP contribution in [0.4, 0.5) is 19.0 Å². The van der Waals surface area contributed by atoms with Crippen molar-refractivity contribution in [3.05, 3.63) is 107 Å². The molecule has 0 saturated carbocycles. The molecule has 39 heavy (non-hydrogen) atoms. The molecule has 2 N–H and O–H groups in total. The van der Waals surface area contributed by atoms with Gasteiger partial charge in [-0.15, -0.1) is 5.10 Å². The molecule has 0 unspecified atom stereocenters. The molecule has 194 valence electrons. The third kappa shape index (κ3) is 6.70. The number of anilines is 1. The topological polar surface area (TPSA) is 92.3 Å². The first-order valence-corrected chi connectivity index (χ1v) is 11.9. The minimum absolute atomic E-state index is 0. The summed E-state index contributed by atoms with van der Waals surface area (Å²) in [6, 6.07) is 22.9. The fourth-order valence-electron chi connectivity index (χ4n) is 4.37. The Hall–Kier alpha value is -3.60. The minimum atomic E-state index is -4.60. The Morgan fingerprint density at radius 3 is 2.26 bits per heavy atom. The number of aryl methyl sites for hydroxylation is 2. The van der Waals surface area contributed by atoms with Crippen LogP contribution >= 0.6 is 0 Å². The SMILES string of the molecule is Cc1cccc(Cc2c(NCc3ccc(-c4ccccc4-c4nnn[nH]4)cc3)nc(C)nc2C(F)(F)F)c1.[NaH]. The molecular weight excluding hydrogens is 514 g/mol. The molecular formula is C28H25F3N7Na. The predicted molar refractivity (Wildman–Crippen MR) is 145 cm³/mol.